The quantitative estimate of drug-likeness (QED) is 0.509. The van der Waals surface area contributed by atoms with E-state index < -0.39 is 22.5 Å². The van der Waals surface area contributed by atoms with E-state index in [0.29, 0.717) is 0 Å². The van der Waals surface area contributed by atoms with E-state index in [1.165, 1.54) is 12.1 Å². The molecule has 0 amide bonds. The van der Waals surface area contributed by atoms with Crippen molar-refractivity contribution in [1.82, 2.24) is 0 Å². The number of carbonyl (C=O) groups is 1. The number of nitro benzene ring substituents is 1. The monoisotopic (exact) mass is 266 g/mol. The van der Waals surface area contributed by atoms with Crippen LogP contribution in [0.3, 0.4) is 0 Å². The van der Waals surface area contributed by atoms with Crippen LogP contribution in [0.5, 0.6) is 0 Å². The zero-order valence-corrected chi connectivity index (χ0v) is 11.3. The van der Waals surface area contributed by atoms with Gasteiger partial charge in [0.05, 0.1) is 4.92 Å². The molecule has 0 saturated carbocycles. The second-order valence-corrected chi connectivity index (χ2v) is 5.27. The van der Waals surface area contributed by atoms with Crippen LogP contribution in [0.15, 0.2) is 24.3 Å². The summed E-state index contributed by atoms with van der Waals surface area (Å²) >= 11 is 0. The Morgan fingerprint density at radius 3 is 2.32 bits per heavy atom. The van der Waals surface area contributed by atoms with Crippen molar-refractivity contribution >= 4 is 11.7 Å². The summed E-state index contributed by atoms with van der Waals surface area (Å²) in [5.41, 5.74) is 5.93. The van der Waals surface area contributed by atoms with Crippen molar-refractivity contribution in [2.75, 3.05) is 0 Å². The molecule has 104 valence electrons. The highest BCUT2D eigenvalue weighted by Crippen LogP contribution is 2.14. The Morgan fingerprint density at radius 1 is 1.37 bits per heavy atom. The minimum Gasteiger partial charge on any atom is -0.459 e. The number of nitro groups is 1. The molecule has 1 aromatic rings. The van der Waals surface area contributed by atoms with Gasteiger partial charge in [0.2, 0.25) is 0 Å². The van der Waals surface area contributed by atoms with Crippen LogP contribution >= 0.6 is 0 Å². The van der Waals surface area contributed by atoms with Crippen LogP contribution < -0.4 is 5.73 Å². The second-order valence-electron chi connectivity index (χ2n) is 5.27. The smallest absolute Gasteiger partial charge is 0.323 e. The lowest BCUT2D eigenvalue weighted by Gasteiger charge is -2.22. The van der Waals surface area contributed by atoms with E-state index in [9.17, 15) is 14.9 Å². The molecule has 6 nitrogen and oxygen atoms in total. The molecule has 6 heteroatoms. The predicted molar refractivity (Wildman–Crippen MR) is 70.6 cm³/mol. The molecular weight excluding hydrogens is 248 g/mol. The third-order valence-electron chi connectivity index (χ3n) is 2.31. The molecule has 0 bridgehead atoms. The number of esters is 1. The van der Waals surface area contributed by atoms with Gasteiger partial charge in [0, 0.05) is 12.1 Å². The molecule has 0 aliphatic carbocycles. The number of ether oxygens (including phenoxy) is 1. The first-order valence-electron chi connectivity index (χ1n) is 5.91. The van der Waals surface area contributed by atoms with Gasteiger partial charge in [-0.3, -0.25) is 14.9 Å². The average molecular weight is 266 g/mol. The summed E-state index contributed by atoms with van der Waals surface area (Å²) in [6, 6.07) is 5.17. The molecule has 1 atom stereocenters. The lowest BCUT2D eigenvalue weighted by Crippen LogP contribution is -2.38. The normalized spacial score (nSPS) is 12.8. The molecule has 0 spiro atoms. The largest absolute Gasteiger partial charge is 0.459 e. The molecular formula is C13H18N2O4. The average Bonchev–Trinajstić information content (AvgIpc) is 2.27. The first-order chi connectivity index (χ1) is 8.69. The van der Waals surface area contributed by atoms with Crippen LogP contribution in [0.1, 0.15) is 26.3 Å². The van der Waals surface area contributed by atoms with Crippen molar-refractivity contribution in [1.29, 1.82) is 0 Å². The predicted octanol–water partition coefficient (Wildman–Crippen LogP) is 1.81. The Balaban J connectivity index is 2.64. The van der Waals surface area contributed by atoms with E-state index in [1.54, 1.807) is 32.9 Å². The fourth-order valence-corrected chi connectivity index (χ4v) is 1.47. The van der Waals surface area contributed by atoms with Crippen molar-refractivity contribution in [3.63, 3.8) is 0 Å². The van der Waals surface area contributed by atoms with E-state index in [1.807, 2.05) is 0 Å². The summed E-state index contributed by atoms with van der Waals surface area (Å²) in [4.78, 5) is 21.7. The fourth-order valence-electron chi connectivity index (χ4n) is 1.47. The number of hydrogen-bond donors (Lipinski definition) is 1. The molecule has 1 rings (SSSR count). The maximum absolute atomic E-state index is 11.7. The summed E-state index contributed by atoms with van der Waals surface area (Å²) in [5, 5.41) is 10.5. The zero-order chi connectivity index (χ0) is 14.6. The van der Waals surface area contributed by atoms with Crippen LogP contribution in [0.4, 0.5) is 5.69 Å². The Bertz CT molecular complexity index is 463. The van der Waals surface area contributed by atoms with Gasteiger partial charge in [0.1, 0.15) is 11.6 Å². The molecule has 0 saturated heterocycles. The number of hydrogen-bond acceptors (Lipinski definition) is 5. The highest BCUT2D eigenvalue weighted by atomic mass is 16.6. The van der Waals surface area contributed by atoms with Gasteiger partial charge in [-0.05, 0) is 32.8 Å². The molecule has 0 aliphatic heterocycles. The zero-order valence-electron chi connectivity index (χ0n) is 11.3. The lowest BCUT2D eigenvalue weighted by molar-refractivity contribution is -0.384. The molecule has 1 aromatic carbocycles. The molecule has 0 fully saturated rings. The maximum atomic E-state index is 11.7. The number of benzene rings is 1. The molecule has 0 radical (unpaired) electrons. The van der Waals surface area contributed by atoms with Crippen LogP contribution in [-0.2, 0) is 16.0 Å². The van der Waals surface area contributed by atoms with Gasteiger partial charge in [0.25, 0.3) is 5.69 Å². The van der Waals surface area contributed by atoms with Crippen LogP contribution in [0, 0.1) is 10.1 Å². The van der Waals surface area contributed by atoms with Crippen molar-refractivity contribution in [3.8, 4) is 0 Å². The third kappa shape index (κ3) is 5.05. The lowest BCUT2D eigenvalue weighted by atomic mass is 10.1. The molecule has 1 unspecified atom stereocenters. The van der Waals surface area contributed by atoms with Crippen molar-refractivity contribution in [2.24, 2.45) is 5.73 Å². The molecule has 2 N–H and O–H groups in total. The number of rotatable bonds is 4. The fraction of sp³-hybridized carbons (Fsp3) is 0.462. The van der Waals surface area contributed by atoms with Gasteiger partial charge in [-0.2, -0.15) is 0 Å². The number of carbonyl (C=O) groups excluding carboxylic acids is 1. The highest BCUT2D eigenvalue weighted by Gasteiger charge is 2.22. The van der Waals surface area contributed by atoms with Gasteiger partial charge in [-0.15, -0.1) is 0 Å². The Labute approximate surface area is 111 Å². The summed E-state index contributed by atoms with van der Waals surface area (Å²) < 4.78 is 5.16. The molecule has 0 aromatic heterocycles. The summed E-state index contributed by atoms with van der Waals surface area (Å²) in [6.45, 7) is 5.30. The summed E-state index contributed by atoms with van der Waals surface area (Å²) in [5.74, 6) is -0.481. The van der Waals surface area contributed by atoms with Gasteiger partial charge < -0.3 is 10.5 Å². The molecule has 0 aliphatic rings. The topological polar surface area (TPSA) is 95.5 Å². The van der Waals surface area contributed by atoms with Crippen molar-refractivity contribution < 1.29 is 14.5 Å². The van der Waals surface area contributed by atoms with E-state index in [-0.39, 0.29) is 12.1 Å². The summed E-state index contributed by atoms with van der Waals surface area (Å²) in [6.07, 6.45) is 0.285. The van der Waals surface area contributed by atoms with Crippen molar-refractivity contribution in [3.05, 3.63) is 39.9 Å². The van der Waals surface area contributed by atoms with E-state index in [4.69, 9.17) is 10.5 Å². The van der Waals surface area contributed by atoms with Gasteiger partial charge in [0.15, 0.2) is 0 Å². The standard InChI is InChI=1S/C13H18N2O4/c1-13(2,3)19-12(16)11(14)8-9-4-6-10(7-5-9)15(17)18/h4-7,11H,8,14H2,1-3H3. The Morgan fingerprint density at radius 2 is 1.89 bits per heavy atom. The first-order valence-corrected chi connectivity index (χ1v) is 5.91. The van der Waals surface area contributed by atoms with Gasteiger partial charge in [-0.25, -0.2) is 0 Å². The van der Waals surface area contributed by atoms with E-state index >= 15 is 0 Å². The van der Waals surface area contributed by atoms with Crippen molar-refractivity contribution in [2.45, 2.75) is 38.8 Å². The van der Waals surface area contributed by atoms with Crippen LogP contribution in [0.2, 0.25) is 0 Å². The van der Waals surface area contributed by atoms with Gasteiger partial charge >= 0.3 is 5.97 Å². The number of non-ortho nitro benzene ring substituents is 1. The van der Waals surface area contributed by atoms with Crippen LogP contribution in [-0.4, -0.2) is 22.5 Å². The van der Waals surface area contributed by atoms with E-state index in [0.717, 1.165) is 5.56 Å². The second kappa shape index (κ2) is 5.79. The third-order valence-corrected chi connectivity index (χ3v) is 2.31. The maximum Gasteiger partial charge on any atom is 0.323 e. The highest BCUT2D eigenvalue weighted by molar-refractivity contribution is 5.76. The summed E-state index contributed by atoms with van der Waals surface area (Å²) in [7, 11) is 0. The minimum absolute atomic E-state index is 0.00888. The van der Waals surface area contributed by atoms with Crippen LogP contribution in [0.25, 0.3) is 0 Å². The minimum atomic E-state index is -0.777. The Hall–Kier alpha value is -1.95. The SMILES string of the molecule is CC(C)(C)OC(=O)C(N)Cc1ccc([N+](=O)[O-])cc1. The molecule has 0 heterocycles. The number of nitrogens with two attached hydrogens (primary N) is 1. The first kappa shape index (κ1) is 15.1. The molecule has 19 heavy (non-hydrogen) atoms. The Kier molecular flexibility index (Phi) is 4.61. The van der Waals surface area contributed by atoms with Gasteiger partial charge in [-0.1, -0.05) is 12.1 Å². The number of nitrogens with zero attached hydrogens (tertiary/aromatic N) is 1. The van der Waals surface area contributed by atoms with E-state index in [2.05, 4.69) is 0 Å².